The summed E-state index contributed by atoms with van der Waals surface area (Å²) in [6.45, 7) is 1.14. The highest BCUT2D eigenvalue weighted by molar-refractivity contribution is 5.66. The van der Waals surface area contributed by atoms with Gasteiger partial charge in [0, 0.05) is 26.3 Å². The fraction of sp³-hybridized carbons (Fsp3) is 0.500. The van der Waals surface area contributed by atoms with E-state index in [1.807, 2.05) is 13.1 Å². The van der Waals surface area contributed by atoms with Crippen LogP contribution in [-0.2, 0) is 18.4 Å². The molecule has 0 aliphatic carbocycles. The fourth-order valence-electron chi connectivity index (χ4n) is 0.987. The van der Waals surface area contributed by atoms with Crippen LogP contribution in [0.25, 0.3) is 0 Å². The van der Waals surface area contributed by atoms with Crippen molar-refractivity contribution in [3.63, 3.8) is 0 Å². The van der Waals surface area contributed by atoms with Crippen LogP contribution < -0.4 is 5.32 Å². The van der Waals surface area contributed by atoms with Crippen LogP contribution in [0.3, 0.4) is 0 Å². The van der Waals surface area contributed by atoms with E-state index in [1.54, 1.807) is 10.9 Å². The number of nitrogens with one attached hydrogen (secondary N) is 1. The first-order valence-electron chi connectivity index (χ1n) is 4.09. The minimum absolute atomic E-state index is 0.151. The Morgan fingerprint density at radius 2 is 2.54 bits per heavy atom. The zero-order valence-corrected chi connectivity index (χ0v) is 7.53. The molecule has 0 amide bonds. The van der Waals surface area contributed by atoms with Crippen molar-refractivity contribution in [2.75, 3.05) is 6.54 Å². The Kier molecular flexibility index (Phi) is 3.45. The lowest BCUT2D eigenvalue weighted by molar-refractivity contribution is -0.136. The molecule has 5 nitrogen and oxygen atoms in total. The number of rotatable bonds is 5. The van der Waals surface area contributed by atoms with Gasteiger partial charge in [0.1, 0.15) is 0 Å². The molecule has 1 rings (SSSR count). The van der Waals surface area contributed by atoms with Crippen molar-refractivity contribution in [1.82, 2.24) is 15.1 Å². The number of aryl methyl sites for hydroxylation is 1. The Morgan fingerprint density at radius 3 is 3.08 bits per heavy atom. The third kappa shape index (κ3) is 3.25. The van der Waals surface area contributed by atoms with Gasteiger partial charge in [-0.3, -0.25) is 9.48 Å². The molecule has 72 valence electrons. The summed E-state index contributed by atoms with van der Waals surface area (Å²) in [5.41, 5.74) is 1.05. The molecule has 0 aromatic carbocycles. The zero-order chi connectivity index (χ0) is 9.68. The second-order valence-corrected chi connectivity index (χ2v) is 2.77. The highest BCUT2D eigenvalue weighted by Crippen LogP contribution is 1.94. The maximum Gasteiger partial charge on any atom is 0.304 e. The number of aromatic nitrogens is 2. The Morgan fingerprint density at radius 1 is 1.77 bits per heavy atom. The molecule has 0 atom stereocenters. The van der Waals surface area contributed by atoms with Crippen molar-refractivity contribution < 1.29 is 9.90 Å². The van der Waals surface area contributed by atoms with Crippen LogP contribution in [-0.4, -0.2) is 27.4 Å². The molecule has 0 bridgehead atoms. The lowest BCUT2D eigenvalue weighted by Gasteiger charge is -2.02. The first kappa shape index (κ1) is 9.73. The Bertz CT molecular complexity index is 283. The van der Waals surface area contributed by atoms with Gasteiger partial charge in [0.25, 0.3) is 0 Å². The van der Waals surface area contributed by atoms with E-state index in [0.29, 0.717) is 13.1 Å². The Labute approximate surface area is 76.4 Å². The van der Waals surface area contributed by atoms with E-state index >= 15 is 0 Å². The minimum atomic E-state index is -0.780. The van der Waals surface area contributed by atoms with Crippen LogP contribution in [0.2, 0.25) is 0 Å². The van der Waals surface area contributed by atoms with Gasteiger partial charge in [-0.2, -0.15) is 5.10 Å². The number of hydrogen-bond acceptors (Lipinski definition) is 3. The topological polar surface area (TPSA) is 67.2 Å². The summed E-state index contributed by atoms with van der Waals surface area (Å²) in [6.07, 6.45) is 1.87. The van der Waals surface area contributed by atoms with Gasteiger partial charge in [-0.1, -0.05) is 0 Å². The van der Waals surface area contributed by atoms with Gasteiger partial charge in [-0.25, -0.2) is 0 Å². The van der Waals surface area contributed by atoms with E-state index < -0.39 is 5.97 Å². The summed E-state index contributed by atoms with van der Waals surface area (Å²) in [5, 5.41) is 15.4. The number of aliphatic carboxylic acids is 1. The van der Waals surface area contributed by atoms with Crippen molar-refractivity contribution in [3.8, 4) is 0 Å². The smallest absolute Gasteiger partial charge is 0.304 e. The van der Waals surface area contributed by atoms with Crippen LogP contribution >= 0.6 is 0 Å². The number of carboxylic acid groups (broad SMARTS) is 1. The highest BCUT2D eigenvalue weighted by atomic mass is 16.4. The molecule has 1 aromatic heterocycles. The summed E-state index contributed by atoms with van der Waals surface area (Å²) in [4.78, 5) is 10.2. The number of hydrogen-bond donors (Lipinski definition) is 2. The molecule has 1 aromatic rings. The Balaban J connectivity index is 2.20. The van der Waals surface area contributed by atoms with Gasteiger partial charge in [-0.15, -0.1) is 0 Å². The molecule has 0 saturated heterocycles. The predicted octanol–water partition coefficient (Wildman–Crippen LogP) is -0.0156. The fourth-order valence-corrected chi connectivity index (χ4v) is 0.987. The van der Waals surface area contributed by atoms with E-state index in [4.69, 9.17) is 5.11 Å². The molecule has 0 aliphatic rings. The summed E-state index contributed by atoms with van der Waals surface area (Å²) in [7, 11) is 1.86. The molecule has 13 heavy (non-hydrogen) atoms. The molecule has 0 aliphatic heterocycles. The number of carbonyl (C=O) groups is 1. The summed E-state index contributed by atoms with van der Waals surface area (Å²) in [6, 6.07) is 1.90. The van der Waals surface area contributed by atoms with Gasteiger partial charge in [0.2, 0.25) is 0 Å². The van der Waals surface area contributed by atoms with Gasteiger partial charge < -0.3 is 10.4 Å². The maximum absolute atomic E-state index is 10.2. The van der Waals surface area contributed by atoms with Gasteiger partial charge >= 0.3 is 5.97 Å². The molecule has 2 N–H and O–H groups in total. The third-order valence-electron chi connectivity index (χ3n) is 1.74. The van der Waals surface area contributed by atoms with Crippen LogP contribution in [0.1, 0.15) is 12.1 Å². The molecular weight excluding hydrogens is 170 g/mol. The molecule has 0 fully saturated rings. The molecule has 0 unspecified atom stereocenters. The SMILES string of the molecule is Cn1nccc1CNCCC(=O)O. The number of nitrogens with zero attached hydrogens (tertiary/aromatic N) is 2. The van der Waals surface area contributed by atoms with E-state index in [0.717, 1.165) is 5.69 Å². The average Bonchev–Trinajstić information content (AvgIpc) is 2.45. The van der Waals surface area contributed by atoms with Crippen molar-refractivity contribution in [1.29, 1.82) is 0 Å². The van der Waals surface area contributed by atoms with Gasteiger partial charge in [0.15, 0.2) is 0 Å². The Hall–Kier alpha value is -1.36. The standard InChI is InChI=1S/C8H13N3O2/c1-11-7(2-5-10-11)6-9-4-3-8(12)13/h2,5,9H,3-4,6H2,1H3,(H,12,13). The van der Waals surface area contributed by atoms with Gasteiger partial charge in [-0.05, 0) is 6.07 Å². The van der Waals surface area contributed by atoms with E-state index in [-0.39, 0.29) is 6.42 Å². The molecule has 0 radical (unpaired) electrons. The molecule has 1 heterocycles. The zero-order valence-electron chi connectivity index (χ0n) is 7.53. The van der Waals surface area contributed by atoms with Crippen LogP contribution in [0.5, 0.6) is 0 Å². The lowest BCUT2D eigenvalue weighted by atomic mass is 10.4. The van der Waals surface area contributed by atoms with Crippen molar-refractivity contribution in [2.45, 2.75) is 13.0 Å². The van der Waals surface area contributed by atoms with Crippen LogP contribution in [0.15, 0.2) is 12.3 Å². The van der Waals surface area contributed by atoms with Crippen LogP contribution in [0.4, 0.5) is 0 Å². The minimum Gasteiger partial charge on any atom is -0.481 e. The van der Waals surface area contributed by atoms with Crippen molar-refractivity contribution in [3.05, 3.63) is 18.0 Å². The van der Waals surface area contributed by atoms with Gasteiger partial charge in [0.05, 0.1) is 12.1 Å². The largest absolute Gasteiger partial charge is 0.481 e. The van der Waals surface area contributed by atoms with Crippen molar-refractivity contribution in [2.24, 2.45) is 7.05 Å². The predicted molar refractivity (Wildman–Crippen MR) is 47.2 cm³/mol. The third-order valence-corrected chi connectivity index (χ3v) is 1.74. The summed E-state index contributed by atoms with van der Waals surface area (Å²) < 4.78 is 1.76. The highest BCUT2D eigenvalue weighted by Gasteiger charge is 1.98. The molecular formula is C8H13N3O2. The number of carboxylic acids is 1. The summed E-state index contributed by atoms with van der Waals surface area (Å²) >= 11 is 0. The van der Waals surface area contributed by atoms with E-state index in [9.17, 15) is 4.79 Å². The summed E-state index contributed by atoms with van der Waals surface area (Å²) in [5.74, 6) is -0.780. The first-order valence-corrected chi connectivity index (χ1v) is 4.09. The molecule has 0 saturated carbocycles. The lowest BCUT2D eigenvalue weighted by Crippen LogP contribution is -2.19. The molecule has 0 spiro atoms. The molecule has 5 heteroatoms. The maximum atomic E-state index is 10.2. The average molecular weight is 183 g/mol. The van der Waals surface area contributed by atoms with E-state index in [2.05, 4.69) is 10.4 Å². The van der Waals surface area contributed by atoms with Crippen LogP contribution in [0, 0.1) is 0 Å². The monoisotopic (exact) mass is 183 g/mol. The quantitative estimate of drug-likeness (QED) is 0.630. The van der Waals surface area contributed by atoms with E-state index in [1.165, 1.54) is 0 Å². The first-order chi connectivity index (χ1) is 6.20. The normalized spacial score (nSPS) is 10.2. The second kappa shape index (κ2) is 4.61. The second-order valence-electron chi connectivity index (χ2n) is 2.77. The van der Waals surface area contributed by atoms with Crippen molar-refractivity contribution >= 4 is 5.97 Å².